The second-order valence-electron chi connectivity index (χ2n) is 7.29. The Hall–Kier alpha value is -2.27. The maximum Gasteiger partial charge on any atom is 0.243 e. The van der Waals surface area contributed by atoms with Crippen molar-refractivity contribution in [1.29, 1.82) is 0 Å². The highest BCUT2D eigenvalue weighted by Crippen LogP contribution is 2.31. The maximum absolute atomic E-state index is 12.9. The van der Waals surface area contributed by atoms with Crippen LogP contribution in [-0.2, 0) is 21.2 Å². The van der Waals surface area contributed by atoms with Gasteiger partial charge in [0.1, 0.15) is 10.8 Å². The van der Waals surface area contributed by atoms with Gasteiger partial charge in [-0.05, 0) is 43.5 Å². The molecule has 10 heteroatoms. The molecule has 1 amide bonds. The Morgan fingerprint density at radius 1 is 1.19 bits per heavy atom. The molecule has 0 saturated heterocycles. The van der Waals surface area contributed by atoms with Gasteiger partial charge in [0, 0.05) is 29.4 Å². The van der Waals surface area contributed by atoms with Crippen LogP contribution >= 0.6 is 22.7 Å². The third-order valence-electron chi connectivity index (χ3n) is 4.59. The van der Waals surface area contributed by atoms with E-state index in [2.05, 4.69) is 10.3 Å². The summed E-state index contributed by atoms with van der Waals surface area (Å²) < 4.78 is 33.0. The van der Waals surface area contributed by atoms with Crippen molar-refractivity contribution in [3.8, 4) is 16.3 Å². The van der Waals surface area contributed by atoms with Crippen LogP contribution in [-0.4, -0.2) is 42.8 Å². The largest absolute Gasteiger partial charge is 0.489 e. The Morgan fingerprint density at radius 2 is 1.94 bits per heavy atom. The minimum atomic E-state index is -3.67. The second kappa shape index (κ2) is 10.6. The van der Waals surface area contributed by atoms with Crippen molar-refractivity contribution in [1.82, 2.24) is 9.29 Å². The van der Waals surface area contributed by atoms with E-state index in [1.165, 1.54) is 27.8 Å². The third kappa shape index (κ3) is 5.74. The fourth-order valence-electron chi connectivity index (χ4n) is 3.10. The van der Waals surface area contributed by atoms with E-state index >= 15 is 0 Å². The molecule has 2 heterocycles. The molecule has 0 unspecified atom stereocenters. The number of aromatic nitrogens is 1. The van der Waals surface area contributed by atoms with Crippen molar-refractivity contribution in [2.75, 3.05) is 18.4 Å². The summed E-state index contributed by atoms with van der Waals surface area (Å²) in [6.45, 7) is 8.04. The zero-order valence-corrected chi connectivity index (χ0v) is 20.9. The lowest BCUT2D eigenvalue weighted by molar-refractivity contribution is -0.115. The molecule has 2 aromatic heterocycles. The molecular formula is C22H27N3O4S3. The summed E-state index contributed by atoms with van der Waals surface area (Å²) in [4.78, 5) is 17.4. The smallest absolute Gasteiger partial charge is 0.243 e. The lowest BCUT2D eigenvalue weighted by Crippen LogP contribution is -2.30. The number of hydrogen-bond donors (Lipinski definition) is 1. The van der Waals surface area contributed by atoms with Gasteiger partial charge >= 0.3 is 0 Å². The van der Waals surface area contributed by atoms with Crippen LogP contribution in [0.25, 0.3) is 10.6 Å². The van der Waals surface area contributed by atoms with Gasteiger partial charge in [-0.25, -0.2) is 13.4 Å². The van der Waals surface area contributed by atoms with Crippen LogP contribution in [0.2, 0.25) is 0 Å². The lowest BCUT2D eigenvalue weighted by atomic mass is 10.2. The number of ether oxygens (including phenoxy) is 1. The van der Waals surface area contributed by atoms with Gasteiger partial charge in [0.05, 0.1) is 28.8 Å². The van der Waals surface area contributed by atoms with Gasteiger partial charge in [-0.15, -0.1) is 11.3 Å². The molecule has 32 heavy (non-hydrogen) atoms. The Morgan fingerprint density at radius 3 is 2.56 bits per heavy atom. The minimum Gasteiger partial charge on any atom is -0.489 e. The van der Waals surface area contributed by atoms with Gasteiger partial charge in [0.2, 0.25) is 15.9 Å². The van der Waals surface area contributed by atoms with Crippen LogP contribution in [0.4, 0.5) is 5.69 Å². The fraction of sp³-hybridized carbons (Fsp3) is 0.364. The van der Waals surface area contributed by atoms with Crippen LogP contribution in [0.15, 0.2) is 45.3 Å². The van der Waals surface area contributed by atoms with Crippen LogP contribution < -0.4 is 10.1 Å². The number of benzene rings is 1. The molecule has 0 radical (unpaired) electrons. The number of carbonyl (C=O) groups is 1. The summed E-state index contributed by atoms with van der Waals surface area (Å²) >= 11 is 3.08. The topological polar surface area (TPSA) is 88.6 Å². The van der Waals surface area contributed by atoms with E-state index in [-0.39, 0.29) is 23.3 Å². The number of amides is 1. The minimum absolute atomic E-state index is 0.0782. The van der Waals surface area contributed by atoms with Crippen LogP contribution in [0.5, 0.6) is 5.75 Å². The number of nitrogens with zero attached hydrogens (tertiary/aromatic N) is 2. The fourth-order valence-corrected chi connectivity index (χ4v) is 6.12. The predicted molar refractivity (Wildman–Crippen MR) is 130 cm³/mol. The Bertz CT molecular complexity index is 1150. The Balaban J connectivity index is 1.83. The van der Waals surface area contributed by atoms with Gasteiger partial charge in [-0.1, -0.05) is 13.8 Å². The summed E-state index contributed by atoms with van der Waals surface area (Å²) in [5.41, 5.74) is 2.02. The monoisotopic (exact) mass is 493 g/mol. The van der Waals surface area contributed by atoms with E-state index in [9.17, 15) is 13.2 Å². The van der Waals surface area contributed by atoms with E-state index in [1.54, 1.807) is 31.3 Å². The van der Waals surface area contributed by atoms with Crippen molar-refractivity contribution in [3.63, 3.8) is 0 Å². The van der Waals surface area contributed by atoms with Gasteiger partial charge in [0.25, 0.3) is 0 Å². The molecule has 172 valence electrons. The van der Waals surface area contributed by atoms with Crippen LogP contribution in [0.1, 0.15) is 33.4 Å². The number of carbonyl (C=O) groups excluding carboxylic acids is 1. The quantitative estimate of drug-likeness (QED) is 0.435. The van der Waals surface area contributed by atoms with E-state index in [0.717, 1.165) is 10.6 Å². The summed E-state index contributed by atoms with van der Waals surface area (Å²) in [7, 11) is -3.67. The van der Waals surface area contributed by atoms with Gasteiger partial charge in [-0.3, -0.25) is 4.79 Å². The molecule has 0 aliphatic carbocycles. The molecule has 0 aliphatic heterocycles. The molecule has 3 aromatic rings. The first-order valence-corrected chi connectivity index (χ1v) is 13.6. The van der Waals surface area contributed by atoms with Crippen LogP contribution in [0.3, 0.4) is 0 Å². The predicted octanol–water partition coefficient (Wildman–Crippen LogP) is 4.87. The SMILES string of the molecule is CCN(CC)S(=O)(=O)c1ccc(OC(C)C)c(NC(=O)Cc2csc(-c3ccsc3)n2)c1. The Labute approximate surface area is 197 Å². The zero-order chi connectivity index (χ0) is 23.3. The molecule has 0 fully saturated rings. The summed E-state index contributed by atoms with van der Waals surface area (Å²) in [6.07, 6.45) is -0.0583. The number of rotatable bonds is 10. The number of anilines is 1. The molecule has 0 aliphatic rings. The van der Waals surface area contributed by atoms with Gasteiger partial charge in [-0.2, -0.15) is 15.6 Å². The van der Waals surface area contributed by atoms with Crippen molar-refractivity contribution in [2.45, 2.75) is 45.1 Å². The molecule has 0 spiro atoms. The van der Waals surface area contributed by atoms with Crippen molar-refractivity contribution < 1.29 is 17.9 Å². The number of thiophene rings is 1. The summed E-state index contributed by atoms with van der Waals surface area (Å²) in [6, 6.07) is 6.55. The molecule has 0 saturated carbocycles. The first kappa shape index (κ1) is 24.4. The van der Waals surface area contributed by atoms with E-state index in [1.807, 2.05) is 36.1 Å². The van der Waals surface area contributed by atoms with Gasteiger partial charge < -0.3 is 10.1 Å². The number of sulfonamides is 1. The van der Waals surface area contributed by atoms with Crippen molar-refractivity contribution in [2.24, 2.45) is 0 Å². The maximum atomic E-state index is 12.9. The average molecular weight is 494 g/mol. The van der Waals surface area contributed by atoms with Crippen LogP contribution in [0, 0.1) is 0 Å². The number of nitrogens with one attached hydrogen (secondary N) is 1. The first-order chi connectivity index (χ1) is 15.2. The van der Waals surface area contributed by atoms with Gasteiger partial charge in [0.15, 0.2) is 0 Å². The first-order valence-electron chi connectivity index (χ1n) is 10.3. The third-order valence-corrected chi connectivity index (χ3v) is 8.26. The molecule has 0 atom stereocenters. The second-order valence-corrected chi connectivity index (χ2v) is 10.9. The average Bonchev–Trinajstić information content (AvgIpc) is 3.41. The molecule has 7 nitrogen and oxygen atoms in total. The van der Waals surface area contributed by atoms with Crippen molar-refractivity contribution >= 4 is 44.3 Å². The Kier molecular flexibility index (Phi) is 8.05. The van der Waals surface area contributed by atoms with E-state index in [0.29, 0.717) is 30.2 Å². The summed E-state index contributed by atoms with van der Waals surface area (Å²) in [5.74, 6) is 0.127. The molecule has 1 aromatic carbocycles. The number of thiazole rings is 1. The molecule has 1 N–H and O–H groups in total. The molecular weight excluding hydrogens is 466 g/mol. The highest BCUT2D eigenvalue weighted by molar-refractivity contribution is 7.89. The molecule has 0 bridgehead atoms. The highest BCUT2D eigenvalue weighted by atomic mass is 32.2. The van der Waals surface area contributed by atoms with E-state index < -0.39 is 10.0 Å². The van der Waals surface area contributed by atoms with E-state index in [4.69, 9.17) is 4.74 Å². The van der Waals surface area contributed by atoms with Crippen molar-refractivity contribution in [3.05, 3.63) is 46.1 Å². The zero-order valence-electron chi connectivity index (χ0n) is 18.5. The molecule has 3 rings (SSSR count). The standard InChI is InChI=1S/C22H27N3O4S3/c1-5-25(6-2)32(27,28)18-7-8-20(29-15(3)4)19(12-18)24-21(26)11-17-14-31-22(23-17)16-9-10-30-13-16/h7-10,12-15H,5-6,11H2,1-4H3,(H,24,26). The number of hydrogen-bond acceptors (Lipinski definition) is 7. The summed E-state index contributed by atoms with van der Waals surface area (Å²) in [5, 5.41) is 9.54. The normalized spacial score (nSPS) is 11.8. The highest BCUT2D eigenvalue weighted by Gasteiger charge is 2.24. The lowest BCUT2D eigenvalue weighted by Gasteiger charge is -2.20.